The van der Waals surface area contributed by atoms with Gasteiger partial charge in [-0.05, 0) is 12.8 Å². The van der Waals surface area contributed by atoms with Crippen LogP contribution in [-0.2, 0) is 4.74 Å². The molecule has 13 heavy (non-hydrogen) atoms. The van der Waals surface area contributed by atoms with Gasteiger partial charge in [0.05, 0.1) is 0 Å². The first kappa shape index (κ1) is 14.7. The molecule has 0 amide bonds. The maximum absolute atomic E-state index is 8.56. The number of hydrogen-bond donors (Lipinski definition) is 2. The van der Waals surface area contributed by atoms with Gasteiger partial charge in [-0.1, -0.05) is 26.7 Å². The summed E-state index contributed by atoms with van der Waals surface area (Å²) in [4.78, 5) is 8.56. The van der Waals surface area contributed by atoms with Crippen molar-refractivity contribution in [3.05, 3.63) is 0 Å². The van der Waals surface area contributed by atoms with Crippen LogP contribution in [0.1, 0.15) is 39.5 Å². The average Bonchev–Trinajstić information content (AvgIpc) is 2.03. The molecule has 0 aromatic heterocycles. The van der Waals surface area contributed by atoms with Crippen molar-refractivity contribution in [1.29, 1.82) is 0 Å². The average molecular weight is 192 g/mol. The lowest BCUT2D eigenvalue weighted by Gasteiger charge is -1.99. The van der Waals surface area contributed by atoms with Crippen LogP contribution in [0.2, 0.25) is 0 Å². The Bertz CT molecular complexity index is 93.8. The van der Waals surface area contributed by atoms with E-state index in [9.17, 15) is 0 Å². The fourth-order valence-corrected chi connectivity index (χ4v) is 0.595. The number of rotatable bonds is 6. The number of carboxylic acid groups (broad SMARTS) is 2. The summed E-state index contributed by atoms with van der Waals surface area (Å²) in [5.74, 6) is 0. The van der Waals surface area contributed by atoms with Crippen molar-refractivity contribution in [2.24, 2.45) is 0 Å². The van der Waals surface area contributed by atoms with Crippen molar-refractivity contribution in [2.75, 3.05) is 13.2 Å². The first-order chi connectivity index (χ1) is 6.15. The Balaban J connectivity index is 0. The van der Waals surface area contributed by atoms with Crippen LogP contribution in [0, 0.1) is 0 Å². The quantitative estimate of drug-likeness (QED) is 0.635. The highest BCUT2D eigenvalue weighted by Crippen LogP contribution is 1.91. The first-order valence-corrected chi connectivity index (χ1v) is 4.64. The van der Waals surface area contributed by atoms with Crippen LogP contribution in [0.3, 0.4) is 0 Å². The minimum atomic E-state index is -1.83. The van der Waals surface area contributed by atoms with Gasteiger partial charge in [0, 0.05) is 13.2 Å². The van der Waals surface area contributed by atoms with Crippen molar-refractivity contribution in [3.63, 3.8) is 0 Å². The lowest BCUT2D eigenvalue weighted by atomic mass is 10.3. The summed E-state index contributed by atoms with van der Waals surface area (Å²) in [7, 11) is 0. The van der Waals surface area contributed by atoms with E-state index in [1.54, 1.807) is 0 Å². The summed E-state index contributed by atoms with van der Waals surface area (Å²) in [5, 5.41) is 13.9. The van der Waals surface area contributed by atoms with Crippen LogP contribution in [0.4, 0.5) is 4.79 Å². The van der Waals surface area contributed by atoms with E-state index in [4.69, 9.17) is 19.7 Å². The molecule has 0 fully saturated rings. The zero-order chi connectivity index (χ0) is 10.5. The molecule has 0 aliphatic rings. The molecule has 0 aliphatic carbocycles. The molecule has 0 spiro atoms. The third kappa shape index (κ3) is 35.0. The van der Waals surface area contributed by atoms with E-state index in [0.29, 0.717) is 0 Å². The van der Waals surface area contributed by atoms with Crippen LogP contribution in [0.25, 0.3) is 0 Å². The van der Waals surface area contributed by atoms with Crippen LogP contribution < -0.4 is 0 Å². The number of ether oxygens (including phenoxy) is 1. The van der Waals surface area contributed by atoms with Crippen LogP contribution in [-0.4, -0.2) is 29.6 Å². The Hall–Kier alpha value is -0.770. The van der Waals surface area contributed by atoms with Crippen LogP contribution >= 0.6 is 0 Å². The Morgan fingerprint density at radius 3 is 1.62 bits per heavy atom. The largest absolute Gasteiger partial charge is 0.503 e. The SMILES string of the molecule is CCCCOCCCC.O=C(O)O. The topological polar surface area (TPSA) is 66.8 Å². The fourth-order valence-electron chi connectivity index (χ4n) is 0.595. The molecule has 2 N–H and O–H groups in total. The van der Waals surface area contributed by atoms with E-state index in [1.807, 2.05) is 0 Å². The highest BCUT2D eigenvalue weighted by Gasteiger charge is 1.84. The van der Waals surface area contributed by atoms with E-state index >= 15 is 0 Å². The molecule has 0 aromatic rings. The molecule has 0 aromatic carbocycles. The third-order valence-corrected chi connectivity index (χ3v) is 1.28. The normalized spacial score (nSPS) is 8.77. The summed E-state index contributed by atoms with van der Waals surface area (Å²) in [6.07, 6.45) is 3.08. The van der Waals surface area contributed by atoms with Gasteiger partial charge in [0.2, 0.25) is 0 Å². The minimum Gasteiger partial charge on any atom is -0.450 e. The highest BCUT2D eigenvalue weighted by atomic mass is 16.6. The second kappa shape index (κ2) is 13.8. The fraction of sp³-hybridized carbons (Fsp3) is 0.889. The molecule has 0 saturated heterocycles. The number of carbonyl (C=O) groups is 1. The van der Waals surface area contributed by atoms with E-state index in [0.717, 1.165) is 13.2 Å². The molecule has 0 heterocycles. The Kier molecular flexibility index (Phi) is 15.6. The van der Waals surface area contributed by atoms with Gasteiger partial charge in [0.1, 0.15) is 0 Å². The van der Waals surface area contributed by atoms with E-state index < -0.39 is 6.16 Å². The summed E-state index contributed by atoms with van der Waals surface area (Å²) in [6.45, 7) is 6.28. The number of hydrogen-bond acceptors (Lipinski definition) is 2. The van der Waals surface area contributed by atoms with E-state index in [1.165, 1.54) is 25.7 Å². The Morgan fingerprint density at radius 2 is 1.38 bits per heavy atom. The Morgan fingerprint density at radius 1 is 1.08 bits per heavy atom. The van der Waals surface area contributed by atoms with Crippen molar-refractivity contribution >= 4 is 6.16 Å². The molecule has 0 unspecified atom stereocenters. The van der Waals surface area contributed by atoms with Gasteiger partial charge >= 0.3 is 6.16 Å². The second-order valence-corrected chi connectivity index (χ2v) is 2.60. The van der Waals surface area contributed by atoms with Crippen molar-refractivity contribution in [1.82, 2.24) is 0 Å². The van der Waals surface area contributed by atoms with Gasteiger partial charge in [-0.15, -0.1) is 0 Å². The van der Waals surface area contributed by atoms with Gasteiger partial charge in [0.25, 0.3) is 0 Å². The monoisotopic (exact) mass is 192 g/mol. The van der Waals surface area contributed by atoms with Crippen LogP contribution in [0.15, 0.2) is 0 Å². The predicted octanol–water partition coefficient (Wildman–Crippen LogP) is 2.83. The molecular weight excluding hydrogens is 172 g/mol. The third-order valence-electron chi connectivity index (χ3n) is 1.28. The molecule has 0 aliphatic heterocycles. The Labute approximate surface area is 79.5 Å². The zero-order valence-electron chi connectivity index (χ0n) is 8.45. The number of unbranched alkanes of at least 4 members (excludes halogenated alkanes) is 2. The van der Waals surface area contributed by atoms with Crippen molar-refractivity contribution in [3.8, 4) is 0 Å². The zero-order valence-corrected chi connectivity index (χ0v) is 8.45. The van der Waals surface area contributed by atoms with E-state index in [-0.39, 0.29) is 0 Å². The highest BCUT2D eigenvalue weighted by molar-refractivity contribution is 5.53. The lowest BCUT2D eigenvalue weighted by molar-refractivity contribution is 0.128. The molecule has 0 atom stereocenters. The predicted molar refractivity (Wildman–Crippen MR) is 51.3 cm³/mol. The summed E-state index contributed by atoms with van der Waals surface area (Å²) < 4.78 is 5.31. The minimum absolute atomic E-state index is 0.955. The summed E-state index contributed by atoms with van der Waals surface area (Å²) in [6, 6.07) is 0. The molecule has 0 rings (SSSR count). The smallest absolute Gasteiger partial charge is 0.450 e. The lowest BCUT2D eigenvalue weighted by Crippen LogP contribution is -1.95. The van der Waals surface area contributed by atoms with Gasteiger partial charge in [0.15, 0.2) is 0 Å². The first-order valence-electron chi connectivity index (χ1n) is 4.64. The van der Waals surface area contributed by atoms with Crippen molar-refractivity contribution in [2.45, 2.75) is 39.5 Å². The second-order valence-electron chi connectivity index (χ2n) is 2.60. The molecule has 4 heteroatoms. The molecule has 80 valence electrons. The summed E-state index contributed by atoms with van der Waals surface area (Å²) in [5.41, 5.74) is 0. The van der Waals surface area contributed by atoms with Gasteiger partial charge in [-0.2, -0.15) is 0 Å². The van der Waals surface area contributed by atoms with Crippen LogP contribution in [0.5, 0.6) is 0 Å². The maximum atomic E-state index is 8.56. The van der Waals surface area contributed by atoms with Gasteiger partial charge in [-0.25, -0.2) is 4.79 Å². The van der Waals surface area contributed by atoms with E-state index in [2.05, 4.69) is 13.8 Å². The standard InChI is InChI=1S/C8H18O.CH2O3/c1-3-5-7-9-8-6-4-2;2-1(3)4/h3-8H2,1-2H3;(H2,2,3,4). The summed E-state index contributed by atoms with van der Waals surface area (Å²) >= 11 is 0. The molecule has 0 radical (unpaired) electrons. The molecule has 0 saturated carbocycles. The molecule has 4 nitrogen and oxygen atoms in total. The van der Waals surface area contributed by atoms with Crippen molar-refractivity contribution < 1.29 is 19.7 Å². The molecular formula is C9H20O4. The van der Waals surface area contributed by atoms with Gasteiger partial charge < -0.3 is 14.9 Å². The van der Waals surface area contributed by atoms with Gasteiger partial charge in [-0.3, -0.25) is 0 Å². The molecule has 0 bridgehead atoms. The maximum Gasteiger partial charge on any atom is 0.503 e.